The predicted octanol–water partition coefficient (Wildman–Crippen LogP) is 2.32. The topological polar surface area (TPSA) is 89.2 Å². The number of nitrogens with zero attached hydrogens (tertiary/aromatic N) is 3. The van der Waals surface area contributed by atoms with Gasteiger partial charge in [-0.05, 0) is 43.0 Å². The number of aliphatic hydroxyl groups is 2. The Hall–Kier alpha value is -1.55. The zero-order valence-corrected chi connectivity index (χ0v) is 10.3. The molecule has 0 fully saturated rings. The van der Waals surface area contributed by atoms with Crippen molar-refractivity contribution in [3.05, 3.63) is 44.8 Å². The van der Waals surface area contributed by atoms with Crippen LogP contribution in [0.5, 0.6) is 0 Å². The smallest absolute Gasteiger partial charge is 0.105 e. The Morgan fingerprint density at radius 2 is 1.76 bits per heavy atom. The van der Waals surface area contributed by atoms with Crippen molar-refractivity contribution >= 4 is 0 Å². The van der Waals surface area contributed by atoms with Crippen LogP contribution in [-0.4, -0.2) is 22.9 Å². The fraction of sp³-hybridized carbons (Fsp3) is 0.500. The van der Waals surface area contributed by atoms with E-state index in [2.05, 4.69) is 10.0 Å². The Kier molecular flexibility index (Phi) is 4.52. The summed E-state index contributed by atoms with van der Waals surface area (Å²) in [5.41, 5.74) is 11.8. The number of benzene rings is 1. The lowest BCUT2D eigenvalue weighted by molar-refractivity contribution is 0.0236. The number of azide groups is 1. The first-order chi connectivity index (χ1) is 7.97. The molecule has 5 nitrogen and oxygen atoms in total. The molecular weight excluding hydrogens is 218 g/mol. The van der Waals surface area contributed by atoms with Gasteiger partial charge in [0.2, 0.25) is 0 Å². The highest BCUT2D eigenvalue weighted by Gasteiger charge is 2.21. The van der Waals surface area contributed by atoms with Crippen molar-refractivity contribution in [3.8, 4) is 0 Å². The molecule has 1 aromatic carbocycles. The molecule has 5 heteroatoms. The minimum Gasteiger partial charge on any atom is -0.390 e. The van der Waals surface area contributed by atoms with Crippen LogP contribution in [0.4, 0.5) is 0 Å². The summed E-state index contributed by atoms with van der Waals surface area (Å²) in [6.07, 6.45) is -2.10. The molecule has 92 valence electrons. The molecule has 0 spiro atoms. The summed E-state index contributed by atoms with van der Waals surface area (Å²) in [6, 6.07) is 3.90. The van der Waals surface area contributed by atoms with Crippen molar-refractivity contribution in [2.75, 3.05) is 6.54 Å². The Labute approximate surface area is 100 Å². The van der Waals surface area contributed by atoms with Crippen LogP contribution in [0.2, 0.25) is 0 Å². The third-order valence-electron chi connectivity index (χ3n) is 2.73. The lowest BCUT2D eigenvalue weighted by Gasteiger charge is -2.21. The van der Waals surface area contributed by atoms with Gasteiger partial charge in [0.1, 0.15) is 6.10 Å². The lowest BCUT2D eigenvalue weighted by Crippen LogP contribution is -2.22. The molecule has 0 amide bonds. The van der Waals surface area contributed by atoms with E-state index in [0.717, 1.165) is 16.7 Å². The maximum Gasteiger partial charge on any atom is 0.105 e. The van der Waals surface area contributed by atoms with Crippen molar-refractivity contribution in [3.63, 3.8) is 0 Å². The zero-order chi connectivity index (χ0) is 13.0. The van der Waals surface area contributed by atoms with Crippen molar-refractivity contribution < 1.29 is 10.2 Å². The summed E-state index contributed by atoms with van der Waals surface area (Å²) in [6.45, 7) is 5.62. The van der Waals surface area contributed by atoms with Crippen LogP contribution in [0.25, 0.3) is 10.4 Å². The molecule has 17 heavy (non-hydrogen) atoms. The highest BCUT2D eigenvalue weighted by Crippen LogP contribution is 2.26. The van der Waals surface area contributed by atoms with Crippen LogP contribution < -0.4 is 0 Å². The Balaban J connectivity index is 3.03. The standard InChI is InChI=1S/C12H17N3O2/c1-7-4-8(2)11(9(3)5-7)12(17)10(16)6-14-15-13/h4-5,10,12,16-17H,6H2,1-3H3. The minimum atomic E-state index is -1.08. The molecule has 2 atom stereocenters. The molecule has 0 radical (unpaired) electrons. The average Bonchev–Trinajstić information content (AvgIpc) is 2.24. The van der Waals surface area contributed by atoms with E-state index in [4.69, 9.17) is 5.53 Å². The molecule has 2 unspecified atom stereocenters. The number of hydrogen-bond acceptors (Lipinski definition) is 3. The zero-order valence-electron chi connectivity index (χ0n) is 10.3. The second-order valence-electron chi connectivity index (χ2n) is 4.24. The van der Waals surface area contributed by atoms with Gasteiger partial charge in [0.05, 0.1) is 12.6 Å². The highest BCUT2D eigenvalue weighted by molar-refractivity contribution is 5.39. The van der Waals surface area contributed by atoms with Gasteiger partial charge in [0.25, 0.3) is 0 Å². The van der Waals surface area contributed by atoms with Gasteiger partial charge in [-0.15, -0.1) is 0 Å². The average molecular weight is 235 g/mol. The van der Waals surface area contributed by atoms with Crippen LogP contribution >= 0.6 is 0 Å². The fourth-order valence-electron chi connectivity index (χ4n) is 2.07. The molecule has 0 heterocycles. The van der Waals surface area contributed by atoms with E-state index in [1.54, 1.807) is 0 Å². The molecule has 0 saturated carbocycles. The van der Waals surface area contributed by atoms with Crippen LogP contribution in [0, 0.1) is 20.8 Å². The van der Waals surface area contributed by atoms with Crippen LogP contribution in [0.1, 0.15) is 28.4 Å². The highest BCUT2D eigenvalue weighted by atomic mass is 16.3. The summed E-state index contributed by atoms with van der Waals surface area (Å²) < 4.78 is 0. The van der Waals surface area contributed by atoms with Crippen LogP contribution in [-0.2, 0) is 0 Å². The molecule has 0 bridgehead atoms. The largest absolute Gasteiger partial charge is 0.390 e. The Morgan fingerprint density at radius 3 is 2.24 bits per heavy atom. The molecule has 0 aliphatic heterocycles. The molecule has 0 aliphatic carbocycles. The molecule has 0 aliphatic rings. The Bertz CT molecular complexity index is 430. The first kappa shape index (κ1) is 13.5. The van der Waals surface area contributed by atoms with Gasteiger partial charge in [-0.3, -0.25) is 0 Å². The molecule has 1 aromatic rings. The predicted molar refractivity (Wildman–Crippen MR) is 65.6 cm³/mol. The third-order valence-corrected chi connectivity index (χ3v) is 2.73. The minimum absolute atomic E-state index is 0.135. The molecule has 0 aromatic heterocycles. The fourth-order valence-corrected chi connectivity index (χ4v) is 2.07. The second kappa shape index (κ2) is 5.68. The quantitative estimate of drug-likeness (QED) is 0.476. The van der Waals surface area contributed by atoms with Crippen LogP contribution in [0.3, 0.4) is 0 Å². The number of aryl methyl sites for hydroxylation is 3. The van der Waals surface area contributed by atoms with E-state index in [1.165, 1.54) is 0 Å². The van der Waals surface area contributed by atoms with E-state index in [9.17, 15) is 10.2 Å². The molecule has 1 rings (SSSR count). The summed E-state index contributed by atoms with van der Waals surface area (Å²) in [4.78, 5) is 2.56. The van der Waals surface area contributed by atoms with Gasteiger partial charge in [-0.1, -0.05) is 22.8 Å². The molecular formula is C12H17N3O2. The van der Waals surface area contributed by atoms with Gasteiger partial charge >= 0.3 is 0 Å². The van der Waals surface area contributed by atoms with Gasteiger partial charge in [0.15, 0.2) is 0 Å². The van der Waals surface area contributed by atoms with Gasteiger partial charge < -0.3 is 10.2 Å². The summed E-state index contributed by atoms with van der Waals surface area (Å²) in [5, 5.41) is 23.0. The molecule has 2 N–H and O–H groups in total. The first-order valence-corrected chi connectivity index (χ1v) is 5.42. The summed E-state index contributed by atoms with van der Waals surface area (Å²) in [7, 11) is 0. The van der Waals surface area contributed by atoms with Gasteiger partial charge in [-0.25, -0.2) is 0 Å². The van der Waals surface area contributed by atoms with E-state index >= 15 is 0 Å². The number of rotatable bonds is 4. The Morgan fingerprint density at radius 1 is 1.24 bits per heavy atom. The van der Waals surface area contributed by atoms with Gasteiger partial charge in [0, 0.05) is 4.91 Å². The van der Waals surface area contributed by atoms with Crippen molar-refractivity contribution in [2.24, 2.45) is 5.11 Å². The first-order valence-electron chi connectivity index (χ1n) is 5.42. The normalized spacial score (nSPS) is 13.9. The number of aliphatic hydroxyl groups excluding tert-OH is 2. The maximum atomic E-state index is 10.0. The van der Waals surface area contributed by atoms with E-state index in [-0.39, 0.29) is 6.54 Å². The summed E-state index contributed by atoms with van der Waals surface area (Å²) in [5.74, 6) is 0. The second-order valence-corrected chi connectivity index (χ2v) is 4.24. The monoisotopic (exact) mass is 235 g/mol. The lowest BCUT2D eigenvalue weighted by atomic mass is 9.93. The van der Waals surface area contributed by atoms with Crippen molar-refractivity contribution in [1.29, 1.82) is 0 Å². The maximum absolute atomic E-state index is 10.0. The number of hydrogen-bond donors (Lipinski definition) is 2. The molecule has 0 saturated heterocycles. The SMILES string of the molecule is Cc1cc(C)c(C(O)C(O)CN=[N+]=[N-])c(C)c1. The van der Waals surface area contributed by atoms with Crippen molar-refractivity contribution in [1.82, 2.24) is 0 Å². The van der Waals surface area contributed by atoms with Crippen LogP contribution in [0.15, 0.2) is 17.2 Å². The van der Waals surface area contributed by atoms with Crippen molar-refractivity contribution in [2.45, 2.75) is 33.0 Å². The van der Waals surface area contributed by atoms with E-state index in [1.807, 2.05) is 32.9 Å². The van der Waals surface area contributed by atoms with E-state index in [0.29, 0.717) is 5.56 Å². The van der Waals surface area contributed by atoms with E-state index < -0.39 is 12.2 Å². The third kappa shape index (κ3) is 3.20. The summed E-state index contributed by atoms with van der Waals surface area (Å²) >= 11 is 0. The van der Waals surface area contributed by atoms with Gasteiger partial charge in [-0.2, -0.15) is 0 Å².